The van der Waals surface area contributed by atoms with Gasteiger partial charge in [-0.25, -0.2) is 0 Å². The first-order chi connectivity index (χ1) is 16.7. The first kappa shape index (κ1) is 20.8. The van der Waals surface area contributed by atoms with Crippen LogP contribution < -0.4 is 10.3 Å². The summed E-state index contributed by atoms with van der Waals surface area (Å²) < 4.78 is 14.0. The monoisotopic (exact) mass is 452 g/mol. The van der Waals surface area contributed by atoms with Gasteiger partial charge >= 0.3 is 6.01 Å². The number of benzene rings is 3. The molecule has 0 unspecified atom stereocenters. The molecule has 1 aromatic heterocycles. The zero-order valence-electron chi connectivity index (χ0n) is 18.4. The first-order valence-corrected chi connectivity index (χ1v) is 11.4. The van der Waals surface area contributed by atoms with Gasteiger partial charge in [0, 0.05) is 17.7 Å². The molecule has 6 heteroatoms. The summed E-state index contributed by atoms with van der Waals surface area (Å²) in [4.78, 5) is 15.6. The molecular formula is C28H24N2O4. The molecule has 0 spiro atoms. The topological polar surface area (TPSA) is 73.6 Å². The van der Waals surface area contributed by atoms with Crippen molar-refractivity contribution >= 4 is 0 Å². The van der Waals surface area contributed by atoms with E-state index in [0.29, 0.717) is 6.42 Å². The molecule has 6 rings (SSSR count). The van der Waals surface area contributed by atoms with E-state index in [1.54, 1.807) is 10.8 Å². The Labute approximate surface area is 197 Å². The van der Waals surface area contributed by atoms with E-state index >= 15 is 0 Å². The van der Waals surface area contributed by atoms with Gasteiger partial charge in [-0.15, -0.1) is 0 Å². The molecule has 0 radical (unpaired) electrons. The van der Waals surface area contributed by atoms with Crippen LogP contribution in [0, 0.1) is 0 Å². The lowest BCUT2D eigenvalue weighted by Crippen LogP contribution is -2.40. The normalized spacial score (nSPS) is 23.2. The van der Waals surface area contributed by atoms with Crippen molar-refractivity contribution in [2.75, 3.05) is 0 Å². The minimum absolute atomic E-state index is 0.181. The van der Waals surface area contributed by atoms with Gasteiger partial charge in [0.15, 0.2) is 12.3 Å². The molecule has 1 fully saturated rings. The number of aliphatic hydroxyl groups excluding tert-OH is 1. The Kier molecular flexibility index (Phi) is 5.05. The van der Waals surface area contributed by atoms with E-state index in [0.717, 1.165) is 16.7 Å². The zero-order valence-corrected chi connectivity index (χ0v) is 18.4. The number of nitrogens with zero attached hydrogens (tertiary/aromatic N) is 2. The molecule has 0 saturated carbocycles. The summed E-state index contributed by atoms with van der Waals surface area (Å²) in [5.41, 5.74) is 2.41. The van der Waals surface area contributed by atoms with Gasteiger partial charge in [0.2, 0.25) is 0 Å². The number of hydrogen-bond acceptors (Lipinski definition) is 5. The Balaban J connectivity index is 1.46. The second-order valence-electron chi connectivity index (χ2n) is 8.80. The van der Waals surface area contributed by atoms with Crippen LogP contribution in [-0.4, -0.2) is 33.0 Å². The summed E-state index contributed by atoms with van der Waals surface area (Å²) in [6.07, 6.45) is -0.447. The highest BCUT2D eigenvalue weighted by Gasteiger charge is 2.53. The Hall–Kier alpha value is -3.74. The second-order valence-corrected chi connectivity index (χ2v) is 8.80. The molecule has 1 saturated heterocycles. The molecule has 1 N–H and O–H groups in total. The molecule has 3 heterocycles. The third kappa shape index (κ3) is 3.26. The fraction of sp³-hybridized carbons (Fsp3) is 0.214. The zero-order chi connectivity index (χ0) is 23.1. The second kappa shape index (κ2) is 8.24. The van der Waals surface area contributed by atoms with Crippen LogP contribution in [0.2, 0.25) is 0 Å². The number of rotatable bonds is 5. The van der Waals surface area contributed by atoms with Crippen LogP contribution in [0.5, 0.6) is 6.01 Å². The Morgan fingerprint density at radius 3 is 1.88 bits per heavy atom. The average molecular weight is 453 g/mol. The van der Waals surface area contributed by atoms with Crippen LogP contribution >= 0.6 is 0 Å². The average Bonchev–Trinajstić information content (AvgIpc) is 3.39. The van der Waals surface area contributed by atoms with E-state index in [2.05, 4.69) is 41.4 Å². The van der Waals surface area contributed by atoms with Gasteiger partial charge in [-0.1, -0.05) is 91.0 Å². The number of aromatic nitrogens is 2. The molecule has 2 aliphatic heterocycles. The van der Waals surface area contributed by atoms with Crippen molar-refractivity contribution in [3.05, 3.63) is 130 Å². The summed E-state index contributed by atoms with van der Waals surface area (Å²) >= 11 is 0. The van der Waals surface area contributed by atoms with Gasteiger partial charge in [0.05, 0.1) is 6.10 Å². The molecular weight excluding hydrogens is 428 g/mol. The van der Waals surface area contributed by atoms with Crippen molar-refractivity contribution in [1.29, 1.82) is 0 Å². The maximum Gasteiger partial charge on any atom is 0.302 e. The standard InChI is InChI=1S/C28H24N2O4/c31-23-16-17-30-26-25(34-27(30)29-23)24(32)22(33-26)18-28(19-10-4-1-5-11-19,20-12-6-2-7-13-20)21-14-8-3-9-15-21/h1-17,22,24-26,32H,18H2/t22-,24+,25-,26-/m1/s1. The Morgan fingerprint density at radius 2 is 1.35 bits per heavy atom. The number of aliphatic hydroxyl groups is 1. The van der Waals surface area contributed by atoms with E-state index in [1.165, 1.54) is 6.07 Å². The van der Waals surface area contributed by atoms with Crippen molar-refractivity contribution in [3.63, 3.8) is 0 Å². The lowest BCUT2D eigenvalue weighted by atomic mass is 9.66. The fourth-order valence-electron chi connectivity index (χ4n) is 5.36. The van der Waals surface area contributed by atoms with E-state index < -0.39 is 30.0 Å². The van der Waals surface area contributed by atoms with Crippen LogP contribution in [0.25, 0.3) is 0 Å². The van der Waals surface area contributed by atoms with Crippen molar-refractivity contribution < 1.29 is 14.6 Å². The van der Waals surface area contributed by atoms with E-state index in [-0.39, 0.29) is 11.6 Å². The maximum absolute atomic E-state index is 11.6. The Bertz CT molecular complexity index is 1240. The SMILES string of the molecule is O=c1ccn2c(n1)O[C@@H]1[C@@H](O)[C@@H](CC(c3ccccc3)(c3ccccc3)c3ccccc3)O[C@H]12. The smallest absolute Gasteiger partial charge is 0.302 e. The molecule has 3 aromatic carbocycles. The lowest BCUT2D eigenvalue weighted by molar-refractivity contribution is -0.0271. The van der Waals surface area contributed by atoms with Crippen molar-refractivity contribution in [1.82, 2.24) is 9.55 Å². The van der Waals surface area contributed by atoms with E-state index in [1.807, 2.05) is 54.6 Å². The predicted molar refractivity (Wildman–Crippen MR) is 127 cm³/mol. The molecule has 0 amide bonds. The molecule has 34 heavy (non-hydrogen) atoms. The largest absolute Gasteiger partial charge is 0.453 e. The number of hydrogen-bond donors (Lipinski definition) is 1. The molecule has 170 valence electrons. The molecule has 4 atom stereocenters. The van der Waals surface area contributed by atoms with Crippen molar-refractivity contribution in [2.24, 2.45) is 0 Å². The van der Waals surface area contributed by atoms with Crippen molar-refractivity contribution in [2.45, 2.75) is 36.4 Å². The fourth-order valence-corrected chi connectivity index (χ4v) is 5.36. The number of ether oxygens (including phenoxy) is 2. The quantitative estimate of drug-likeness (QED) is 0.468. The minimum Gasteiger partial charge on any atom is -0.453 e. The highest BCUT2D eigenvalue weighted by Crippen LogP contribution is 2.48. The van der Waals surface area contributed by atoms with Gasteiger partial charge in [-0.3, -0.25) is 9.36 Å². The molecule has 4 aromatic rings. The highest BCUT2D eigenvalue weighted by molar-refractivity contribution is 5.50. The van der Waals surface area contributed by atoms with Gasteiger partial charge in [-0.05, 0) is 23.1 Å². The van der Waals surface area contributed by atoms with E-state index in [9.17, 15) is 9.90 Å². The summed E-state index contributed by atoms with van der Waals surface area (Å²) in [5.74, 6) is 0. The highest BCUT2D eigenvalue weighted by atomic mass is 16.6. The molecule has 6 nitrogen and oxygen atoms in total. The third-order valence-corrected chi connectivity index (χ3v) is 6.94. The van der Waals surface area contributed by atoms with Gasteiger partial charge in [0.25, 0.3) is 5.56 Å². The first-order valence-electron chi connectivity index (χ1n) is 11.4. The van der Waals surface area contributed by atoms with Crippen LogP contribution in [0.3, 0.4) is 0 Å². The van der Waals surface area contributed by atoms with Gasteiger partial charge in [0.1, 0.15) is 6.10 Å². The predicted octanol–water partition coefficient (Wildman–Crippen LogP) is 3.69. The van der Waals surface area contributed by atoms with Crippen LogP contribution in [-0.2, 0) is 10.2 Å². The minimum atomic E-state index is -0.891. The van der Waals surface area contributed by atoms with Crippen LogP contribution in [0.1, 0.15) is 29.3 Å². The number of fused-ring (bicyclic) bond motifs is 3. The summed E-state index contributed by atoms with van der Waals surface area (Å²) in [6.45, 7) is 0. The lowest BCUT2D eigenvalue weighted by Gasteiger charge is -2.38. The van der Waals surface area contributed by atoms with E-state index in [4.69, 9.17) is 9.47 Å². The van der Waals surface area contributed by atoms with Crippen LogP contribution in [0.4, 0.5) is 0 Å². The summed E-state index contributed by atoms with van der Waals surface area (Å²) in [5, 5.41) is 11.3. The van der Waals surface area contributed by atoms with Gasteiger partial charge < -0.3 is 14.6 Å². The summed E-state index contributed by atoms with van der Waals surface area (Å²) in [6, 6.07) is 32.6. The molecule has 2 aliphatic rings. The molecule has 0 aliphatic carbocycles. The third-order valence-electron chi connectivity index (χ3n) is 6.94. The summed E-state index contributed by atoms with van der Waals surface area (Å²) in [7, 11) is 0. The Morgan fingerprint density at radius 1 is 0.824 bits per heavy atom. The van der Waals surface area contributed by atoms with Crippen LogP contribution in [0.15, 0.2) is 108 Å². The van der Waals surface area contributed by atoms with Crippen molar-refractivity contribution in [3.8, 4) is 6.01 Å². The molecule has 0 bridgehead atoms. The van der Waals surface area contributed by atoms with Gasteiger partial charge in [-0.2, -0.15) is 4.98 Å². The maximum atomic E-state index is 11.6.